The van der Waals surface area contributed by atoms with E-state index in [-0.39, 0.29) is 10.8 Å². The molecule has 0 radical (unpaired) electrons. The number of benzene rings is 1. The first-order valence-electron chi connectivity index (χ1n) is 5.69. The number of aryl methyl sites for hydroxylation is 1. The summed E-state index contributed by atoms with van der Waals surface area (Å²) >= 11 is 6.48. The van der Waals surface area contributed by atoms with Crippen molar-refractivity contribution >= 4 is 28.5 Å². The molecule has 0 bridgehead atoms. The van der Waals surface area contributed by atoms with E-state index in [9.17, 15) is 4.39 Å². The van der Waals surface area contributed by atoms with Crippen LogP contribution in [0.5, 0.6) is 5.75 Å². The van der Waals surface area contributed by atoms with Crippen LogP contribution in [0.15, 0.2) is 23.7 Å². The Kier molecular flexibility index (Phi) is 4.44. The van der Waals surface area contributed by atoms with Crippen LogP contribution in [-0.2, 0) is 6.42 Å². The molecule has 6 heteroatoms. The number of nitrogens with zero attached hydrogens (tertiary/aromatic N) is 1. The topological polar surface area (TPSA) is 48.1 Å². The molecule has 0 amide bonds. The van der Waals surface area contributed by atoms with E-state index in [0.717, 1.165) is 12.1 Å². The lowest BCUT2D eigenvalue weighted by Crippen LogP contribution is -2.13. The minimum absolute atomic E-state index is 0.128. The summed E-state index contributed by atoms with van der Waals surface area (Å²) in [5.41, 5.74) is 8.80. The van der Waals surface area contributed by atoms with Gasteiger partial charge in [-0.1, -0.05) is 12.2 Å². The average molecular weight is 296 g/mol. The first-order chi connectivity index (χ1) is 9.08. The molecule has 1 aromatic heterocycles. The molecular weight excluding hydrogens is 283 g/mol. The van der Waals surface area contributed by atoms with Crippen LogP contribution in [0.2, 0.25) is 0 Å². The fraction of sp³-hybridized carbons (Fsp3) is 0.231. The molecule has 2 N–H and O–H groups in total. The van der Waals surface area contributed by atoms with E-state index in [1.807, 2.05) is 12.4 Å². The Morgan fingerprint density at radius 3 is 2.95 bits per heavy atom. The van der Waals surface area contributed by atoms with Gasteiger partial charge in [-0.05, 0) is 25.1 Å². The van der Waals surface area contributed by atoms with Crippen LogP contribution in [0, 0.1) is 12.7 Å². The highest BCUT2D eigenvalue weighted by atomic mass is 32.1. The van der Waals surface area contributed by atoms with Gasteiger partial charge < -0.3 is 10.5 Å². The molecule has 2 aromatic rings. The second-order valence-electron chi connectivity index (χ2n) is 3.96. The van der Waals surface area contributed by atoms with E-state index >= 15 is 0 Å². The lowest BCUT2D eigenvalue weighted by Gasteiger charge is -2.10. The van der Waals surface area contributed by atoms with Crippen LogP contribution in [-0.4, -0.2) is 16.6 Å². The highest BCUT2D eigenvalue weighted by Gasteiger charge is 2.09. The van der Waals surface area contributed by atoms with Gasteiger partial charge in [0, 0.05) is 11.3 Å². The number of thiazole rings is 1. The maximum atomic E-state index is 13.1. The van der Waals surface area contributed by atoms with Crippen LogP contribution in [0.3, 0.4) is 0 Å². The van der Waals surface area contributed by atoms with Gasteiger partial charge in [-0.15, -0.1) is 11.3 Å². The van der Waals surface area contributed by atoms with Crippen LogP contribution < -0.4 is 10.5 Å². The van der Waals surface area contributed by atoms with Crippen molar-refractivity contribution in [3.8, 4) is 5.75 Å². The smallest absolute Gasteiger partial charge is 0.129 e. The SMILES string of the molecule is Cc1ncsc1CCOc1ccc(F)cc1C(N)=S. The molecule has 0 saturated heterocycles. The fourth-order valence-electron chi connectivity index (χ4n) is 1.64. The minimum atomic E-state index is -0.381. The number of ether oxygens (including phenoxy) is 1. The van der Waals surface area contributed by atoms with Gasteiger partial charge in [0.05, 0.1) is 23.4 Å². The summed E-state index contributed by atoms with van der Waals surface area (Å²) in [6, 6.07) is 4.16. The fourth-order valence-corrected chi connectivity index (χ4v) is 2.56. The zero-order valence-electron chi connectivity index (χ0n) is 10.4. The molecule has 2 rings (SSSR count). The summed E-state index contributed by atoms with van der Waals surface area (Å²) < 4.78 is 18.8. The van der Waals surface area contributed by atoms with Gasteiger partial charge in [-0.2, -0.15) is 0 Å². The molecule has 0 aliphatic heterocycles. The van der Waals surface area contributed by atoms with Gasteiger partial charge in [0.25, 0.3) is 0 Å². The lowest BCUT2D eigenvalue weighted by atomic mass is 10.2. The monoisotopic (exact) mass is 296 g/mol. The molecule has 0 saturated carbocycles. The van der Waals surface area contributed by atoms with Crippen molar-refractivity contribution in [1.29, 1.82) is 0 Å². The Hall–Kier alpha value is -1.53. The molecule has 0 aliphatic carbocycles. The molecule has 3 nitrogen and oxygen atoms in total. The third kappa shape index (κ3) is 3.48. The van der Waals surface area contributed by atoms with Gasteiger partial charge in [-0.25, -0.2) is 9.37 Å². The standard InChI is InChI=1S/C13H13FN2OS2/c1-8-12(19-7-16-8)4-5-17-11-3-2-9(14)6-10(11)13(15)18/h2-3,6-7H,4-5H2,1H3,(H2,15,18). The molecule has 0 atom stereocenters. The number of hydrogen-bond acceptors (Lipinski definition) is 4. The molecule has 19 heavy (non-hydrogen) atoms. The van der Waals surface area contributed by atoms with E-state index in [0.29, 0.717) is 17.9 Å². The maximum Gasteiger partial charge on any atom is 0.129 e. The van der Waals surface area contributed by atoms with Gasteiger partial charge in [0.1, 0.15) is 16.6 Å². The summed E-state index contributed by atoms with van der Waals surface area (Å²) in [4.78, 5) is 5.48. The minimum Gasteiger partial charge on any atom is -0.492 e. The Morgan fingerprint density at radius 2 is 2.32 bits per heavy atom. The first-order valence-corrected chi connectivity index (χ1v) is 6.98. The molecule has 0 spiro atoms. The van der Waals surface area contributed by atoms with E-state index in [1.165, 1.54) is 17.0 Å². The number of halogens is 1. The molecule has 100 valence electrons. The third-order valence-electron chi connectivity index (χ3n) is 2.64. The van der Waals surface area contributed by atoms with Gasteiger partial charge in [0.15, 0.2) is 0 Å². The summed E-state index contributed by atoms with van der Waals surface area (Å²) in [5, 5.41) is 0. The highest BCUT2D eigenvalue weighted by Crippen LogP contribution is 2.20. The van der Waals surface area contributed by atoms with Gasteiger partial charge in [-0.3, -0.25) is 0 Å². The van der Waals surface area contributed by atoms with Crippen LogP contribution in [0.25, 0.3) is 0 Å². The van der Waals surface area contributed by atoms with Crippen molar-refractivity contribution in [3.63, 3.8) is 0 Å². The van der Waals surface area contributed by atoms with Crippen molar-refractivity contribution in [3.05, 3.63) is 45.7 Å². The Bertz CT molecular complexity index is 598. The zero-order valence-corrected chi connectivity index (χ0v) is 12.0. The predicted molar refractivity (Wildman–Crippen MR) is 78.3 cm³/mol. The van der Waals surface area contributed by atoms with Crippen LogP contribution in [0.4, 0.5) is 4.39 Å². The second kappa shape index (κ2) is 6.08. The normalized spacial score (nSPS) is 10.4. The summed E-state index contributed by atoms with van der Waals surface area (Å²) in [5.74, 6) is 0.129. The Labute approximate surface area is 120 Å². The predicted octanol–water partition coefficient (Wildman–Crippen LogP) is 2.85. The Balaban J connectivity index is 2.03. The van der Waals surface area contributed by atoms with Crippen molar-refractivity contribution in [2.75, 3.05) is 6.61 Å². The van der Waals surface area contributed by atoms with Crippen LogP contribution >= 0.6 is 23.6 Å². The molecule has 0 fully saturated rings. The van der Waals surface area contributed by atoms with E-state index in [1.54, 1.807) is 17.4 Å². The average Bonchev–Trinajstić information content (AvgIpc) is 2.77. The Morgan fingerprint density at radius 1 is 1.53 bits per heavy atom. The van der Waals surface area contributed by atoms with Crippen molar-refractivity contribution < 1.29 is 9.13 Å². The number of aromatic nitrogens is 1. The quantitative estimate of drug-likeness (QED) is 0.862. The van der Waals surface area contributed by atoms with Gasteiger partial charge in [0.2, 0.25) is 0 Å². The van der Waals surface area contributed by atoms with E-state index in [2.05, 4.69) is 4.98 Å². The third-order valence-corrected chi connectivity index (χ3v) is 3.85. The molecule has 1 heterocycles. The van der Waals surface area contributed by atoms with Crippen molar-refractivity contribution in [2.45, 2.75) is 13.3 Å². The summed E-state index contributed by atoms with van der Waals surface area (Å²) in [6.07, 6.45) is 0.755. The number of hydrogen-bond donors (Lipinski definition) is 1. The van der Waals surface area contributed by atoms with Crippen molar-refractivity contribution in [2.24, 2.45) is 5.73 Å². The van der Waals surface area contributed by atoms with Crippen molar-refractivity contribution in [1.82, 2.24) is 4.98 Å². The number of nitrogens with two attached hydrogens (primary N) is 1. The van der Waals surface area contributed by atoms with E-state index < -0.39 is 0 Å². The first kappa shape index (κ1) is 13.9. The number of thiocarbonyl (C=S) groups is 1. The molecule has 0 aliphatic rings. The zero-order chi connectivity index (χ0) is 13.8. The van der Waals surface area contributed by atoms with Crippen LogP contribution in [0.1, 0.15) is 16.1 Å². The van der Waals surface area contributed by atoms with Gasteiger partial charge >= 0.3 is 0 Å². The summed E-state index contributed by atoms with van der Waals surface area (Å²) in [6.45, 7) is 2.44. The maximum absolute atomic E-state index is 13.1. The molecule has 0 unspecified atom stereocenters. The molecular formula is C13H13FN2OS2. The largest absolute Gasteiger partial charge is 0.492 e. The molecule has 1 aromatic carbocycles. The highest BCUT2D eigenvalue weighted by molar-refractivity contribution is 7.80. The number of rotatable bonds is 5. The summed E-state index contributed by atoms with van der Waals surface area (Å²) in [7, 11) is 0. The lowest BCUT2D eigenvalue weighted by molar-refractivity contribution is 0.321. The second-order valence-corrected chi connectivity index (χ2v) is 5.34. The van der Waals surface area contributed by atoms with E-state index in [4.69, 9.17) is 22.7 Å².